The third-order valence-corrected chi connectivity index (χ3v) is 3.20. The number of nitrogens with one attached hydrogen (secondary N) is 1. The number of hydrogen-bond donors (Lipinski definition) is 3. The van der Waals surface area contributed by atoms with E-state index in [0.717, 1.165) is 25.9 Å². The smallest absolute Gasteiger partial charge is 0.146 e. The summed E-state index contributed by atoms with van der Waals surface area (Å²) in [4.78, 5) is 0. The quantitative estimate of drug-likeness (QED) is 0.666. The van der Waals surface area contributed by atoms with Crippen LogP contribution in [0.3, 0.4) is 0 Å². The van der Waals surface area contributed by atoms with Gasteiger partial charge in [-0.15, -0.1) is 0 Å². The highest BCUT2D eigenvalue weighted by Gasteiger charge is 2.23. The molecule has 88 valence electrons. The number of hydrogen-bond acceptors (Lipinski definition) is 3. The summed E-state index contributed by atoms with van der Waals surface area (Å²) in [5.41, 5.74) is 6.15. The van der Waals surface area contributed by atoms with Gasteiger partial charge < -0.3 is 16.2 Å². The van der Waals surface area contributed by atoms with Gasteiger partial charge in [-0.25, -0.2) is 4.39 Å². The summed E-state index contributed by atoms with van der Waals surface area (Å²) >= 11 is 0. The molecular weight excluding hydrogens is 207 g/mol. The SMILES string of the molecule is Nc1ccc(C(O)C2CCNCC2)cc1F. The Hall–Kier alpha value is -1.13. The minimum atomic E-state index is -0.586. The van der Waals surface area contributed by atoms with E-state index in [2.05, 4.69) is 5.32 Å². The molecule has 1 aromatic rings. The van der Waals surface area contributed by atoms with Gasteiger partial charge in [-0.05, 0) is 49.5 Å². The number of aliphatic hydroxyl groups is 1. The first kappa shape index (κ1) is 11.4. The maximum Gasteiger partial charge on any atom is 0.146 e. The topological polar surface area (TPSA) is 58.3 Å². The predicted molar refractivity (Wildman–Crippen MR) is 61.4 cm³/mol. The number of aliphatic hydroxyl groups excluding tert-OH is 1. The standard InChI is InChI=1S/C12H17FN2O/c13-10-7-9(1-2-11(10)14)12(16)8-3-5-15-6-4-8/h1-2,7-8,12,15-16H,3-6,14H2. The second-order valence-corrected chi connectivity index (χ2v) is 4.31. The van der Waals surface area contributed by atoms with Gasteiger partial charge in [0.05, 0.1) is 11.8 Å². The lowest BCUT2D eigenvalue weighted by Crippen LogP contribution is -2.30. The molecule has 1 aliphatic rings. The first-order valence-electron chi connectivity index (χ1n) is 5.62. The summed E-state index contributed by atoms with van der Waals surface area (Å²) in [6.45, 7) is 1.83. The minimum absolute atomic E-state index is 0.126. The van der Waals surface area contributed by atoms with Crippen LogP contribution in [0.4, 0.5) is 10.1 Å². The molecule has 2 rings (SSSR count). The molecule has 1 atom stereocenters. The number of rotatable bonds is 2. The van der Waals surface area contributed by atoms with Crippen LogP contribution in [0.5, 0.6) is 0 Å². The molecule has 1 aromatic carbocycles. The number of piperidine rings is 1. The van der Waals surface area contributed by atoms with Crippen molar-refractivity contribution in [1.82, 2.24) is 5.32 Å². The molecule has 0 saturated carbocycles. The zero-order valence-electron chi connectivity index (χ0n) is 9.12. The van der Waals surface area contributed by atoms with E-state index in [1.807, 2.05) is 0 Å². The second-order valence-electron chi connectivity index (χ2n) is 4.31. The first-order chi connectivity index (χ1) is 7.68. The molecule has 0 bridgehead atoms. The highest BCUT2D eigenvalue weighted by atomic mass is 19.1. The van der Waals surface area contributed by atoms with Crippen molar-refractivity contribution in [2.75, 3.05) is 18.8 Å². The van der Waals surface area contributed by atoms with Gasteiger partial charge in [0.25, 0.3) is 0 Å². The van der Waals surface area contributed by atoms with Crippen LogP contribution < -0.4 is 11.1 Å². The van der Waals surface area contributed by atoms with E-state index in [1.54, 1.807) is 6.07 Å². The zero-order chi connectivity index (χ0) is 11.5. The third kappa shape index (κ3) is 2.33. The molecule has 0 amide bonds. The number of nitrogens with two attached hydrogens (primary N) is 1. The molecule has 0 radical (unpaired) electrons. The number of benzene rings is 1. The fourth-order valence-corrected chi connectivity index (χ4v) is 2.16. The van der Waals surface area contributed by atoms with Crippen molar-refractivity contribution in [2.45, 2.75) is 18.9 Å². The van der Waals surface area contributed by atoms with Crippen molar-refractivity contribution in [3.05, 3.63) is 29.6 Å². The Labute approximate surface area is 94.5 Å². The van der Waals surface area contributed by atoms with Crippen molar-refractivity contribution in [3.63, 3.8) is 0 Å². The molecule has 0 spiro atoms. The van der Waals surface area contributed by atoms with E-state index in [9.17, 15) is 9.50 Å². The molecular formula is C12H17FN2O. The van der Waals surface area contributed by atoms with Crippen molar-refractivity contribution in [2.24, 2.45) is 5.92 Å². The molecule has 4 heteroatoms. The van der Waals surface area contributed by atoms with Gasteiger partial charge >= 0.3 is 0 Å². The van der Waals surface area contributed by atoms with E-state index in [-0.39, 0.29) is 11.6 Å². The van der Waals surface area contributed by atoms with Gasteiger partial charge in [0.15, 0.2) is 0 Å². The lowest BCUT2D eigenvalue weighted by molar-refractivity contribution is 0.0887. The Morgan fingerprint density at radius 3 is 2.69 bits per heavy atom. The van der Waals surface area contributed by atoms with E-state index in [4.69, 9.17) is 5.73 Å². The first-order valence-corrected chi connectivity index (χ1v) is 5.62. The number of nitrogen functional groups attached to an aromatic ring is 1. The molecule has 0 aliphatic carbocycles. The fraction of sp³-hybridized carbons (Fsp3) is 0.500. The maximum atomic E-state index is 13.3. The average Bonchev–Trinajstić information content (AvgIpc) is 2.33. The van der Waals surface area contributed by atoms with E-state index < -0.39 is 11.9 Å². The molecule has 1 saturated heterocycles. The van der Waals surface area contributed by atoms with Crippen molar-refractivity contribution >= 4 is 5.69 Å². The van der Waals surface area contributed by atoms with E-state index in [1.165, 1.54) is 12.1 Å². The van der Waals surface area contributed by atoms with Crippen molar-refractivity contribution in [3.8, 4) is 0 Å². The van der Waals surface area contributed by atoms with E-state index in [0.29, 0.717) is 5.56 Å². The van der Waals surface area contributed by atoms with Gasteiger partial charge in [-0.3, -0.25) is 0 Å². The van der Waals surface area contributed by atoms with Crippen LogP contribution in [0.15, 0.2) is 18.2 Å². The highest BCUT2D eigenvalue weighted by molar-refractivity contribution is 5.41. The zero-order valence-corrected chi connectivity index (χ0v) is 9.12. The Morgan fingerprint density at radius 2 is 2.06 bits per heavy atom. The summed E-state index contributed by atoms with van der Waals surface area (Å²) in [6.07, 6.45) is 1.26. The monoisotopic (exact) mass is 224 g/mol. The normalized spacial score (nSPS) is 19.6. The Balaban J connectivity index is 2.12. The molecule has 1 heterocycles. The minimum Gasteiger partial charge on any atom is -0.396 e. The molecule has 16 heavy (non-hydrogen) atoms. The highest BCUT2D eigenvalue weighted by Crippen LogP contribution is 2.29. The molecule has 0 aromatic heterocycles. The summed E-state index contributed by atoms with van der Waals surface area (Å²) in [5, 5.41) is 13.4. The largest absolute Gasteiger partial charge is 0.396 e. The second kappa shape index (κ2) is 4.80. The maximum absolute atomic E-state index is 13.3. The van der Waals surface area contributed by atoms with Crippen LogP contribution in [-0.2, 0) is 0 Å². The molecule has 1 fully saturated rings. The Kier molecular flexibility index (Phi) is 3.41. The van der Waals surface area contributed by atoms with Crippen LogP contribution in [0.25, 0.3) is 0 Å². The van der Waals surface area contributed by atoms with Crippen LogP contribution in [0.1, 0.15) is 24.5 Å². The van der Waals surface area contributed by atoms with Gasteiger partial charge in [0.2, 0.25) is 0 Å². The van der Waals surface area contributed by atoms with Gasteiger partial charge in [-0.2, -0.15) is 0 Å². The van der Waals surface area contributed by atoms with Crippen LogP contribution in [0.2, 0.25) is 0 Å². The number of anilines is 1. The Bertz CT molecular complexity index is 364. The van der Waals surface area contributed by atoms with Crippen LogP contribution in [-0.4, -0.2) is 18.2 Å². The average molecular weight is 224 g/mol. The van der Waals surface area contributed by atoms with Gasteiger partial charge in [0.1, 0.15) is 5.82 Å². The summed E-state index contributed by atoms with van der Waals surface area (Å²) in [6, 6.07) is 4.54. The number of halogens is 1. The fourth-order valence-electron chi connectivity index (χ4n) is 2.16. The Morgan fingerprint density at radius 1 is 1.38 bits per heavy atom. The van der Waals surface area contributed by atoms with Crippen LogP contribution >= 0.6 is 0 Å². The summed E-state index contributed by atoms with van der Waals surface area (Å²) < 4.78 is 13.3. The molecule has 4 N–H and O–H groups in total. The predicted octanol–water partition coefficient (Wildman–Crippen LogP) is 1.44. The summed E-state index contributed by atoms with van der Waals surface area (Å²) in [7, 11) is 0. The third-order valence-electron chi connectivity index (χ3n) is 3.20. The van der Waals surface area contributed by atoms with Crippen molar-refractivity contribution < 1.29 is 9.50 Å². The van der Waals surface area contributed by atoms with Crippen molar-refractivity contribution in [1.29, 1.82) is 0 Å². The van der Waals surface area contributed by atoms with Gasteiger partial charge in [0, 0.05) is 0 Å². The lowest BCUT2D eigenvalue weighted by Gasteiger charge is -2.27. The van der Waals surface area contributed by atoms with Crippen LogP contribution in [0, 0.1) is 11.7 Å². The lowest BCUT2D eigenvalue weighted by atomic mass is 9.88. The molecule has 1 unspecified atom stereocenters. The molecule has 1 aliphatic heterocycles. The van der Waals surface area contributed by atoms with E-state index >= 15 is 0 Å². The molecule has 3 nitrogen and oxygen atoms in total. The van der Waals surface area contributed by atoms with Gasteiger partial charge in [-0.1, -0.05) is 6.07 Å². The summed E-state index contributed by atoms with van der Waals surface area (Å²) in [5.74, 6) is -0.241.